The number of hydrogen-bond acceptors (Lipinski definition) is 8. The molecule has 0 unspecified atom stereocenters. The van der Waals surface area contributed by atoms with Gasteiger partial charge in [0.05, 0.1) is 23.6 Å². The number of anilines is 5. The second kappa shape index (κ2) is 9.34. The predicted molar refractivity (Wildman–Crippen MR) is 144 cm³/mol. The number of likely N-dealkylation sites (N-methyl/N-ethyl adjacent to an activating group) is 1. The van der Waals surface area contributed by atoms with E-state index in [0.29, 0.717) is 35.1 Å². The molecule has 0 saturated carbocycles. The minimum absolute atomic E-state index is 0.372. The SMILES string of the molecule is Cc1cc(Nc2ncc(Cl)c(Nc3ccccc3P(C)(C)=O)n2)cc2c1N1CCN(C)C[C@H]1CO2. The molecule has 35 heavy (non-hydrogen) atoms. The Morgan fingerprint density at radius 1 is 1.17 bits per heavy atom. The second-order valence-corrected chi connectivity index (χ2v) is 13.2. The summed E-state index contributed by atoms with van der Waals surface area (Å²) < 4.78 is 18.9. The number of aryl methyl sites for hydroxylation is 1. The highest BCUT2D eigenvalue weighted by molar-refractivity contribution is 7.70. The molecule has 2 aromatic carbocycles. The van der Waals surface area contributed by atoms with Gasteiger partial charge in [0.2, 0.25) is 5.95 Å². The van der Waals surface area contributed by atoms with Gasteiger partial charge in [0, 0.05) is 36.7 Å². The van der Waals surface area contributed by atoms with E-state index in [9.17, 15) is 4.57 Å². The summed E-state index contributed by atoms with van der Waals surface area (Å²) in [5.41, 5.74) is 3.86. The Hall–Kier alpha value is -2.80. The highest BCUT2D eigenvalue weighted by Gasteiger charge is 2.33. The average molecular weight is 513 g/mol. The van der Waals surface area contributed by atoms with Crippen LogP contribution in [0.1, 0.15) is 5.56 Å². The molecule has 0 amide bonds. The lowest BCUT2D eigenvalue weighted by Gasteiger charge is -2.45. The summed E-state index contributed by atoms with van der Waals surface area (Å²) in [5.74, 6) is 1.71. The van der Waals surface area contributed by atoms with Gasteiger partial charge in [-0.1, -0.05) is 23.7 Å². The van der Waals surface area contributed by atoms with E-state index in [1.54, 1.807) is 19.5 Å². The van der Waals surface area contributed by atoms with E-state index < -0.39 is 7.14 Å². The zero-order valence-corrected chi connectivity index (χ0v) is 22.0. The van der Waals surface area contributed by atoms with Crippen LogP contribution in [0.25, 0.3) is 0 Å². The van der Waals surface area contributed by atoms with E-state index in [2.05, 4.69) is 50.4 Å². The third-order valence-corrected chi connectivity index (χ3v) is 8.23. The molecule has 0 radical (unpaired) electrons. The number of para-hydroxylation sites is 1. The Balaban J connectivity index is 1.40. The molecule has 184 valence electrons. The number of benzene rings is 2. The average Bonchev–Trinajstić information content (AvgIpc) is 2.80. The molecule has 0 aliphatic carbocycles. The van der Waals surface area contributed by atoms with Crippen molar-refractivity contribution in [3.05, 3.63) is 53.2 Å². The summed E-state index contributed by atoms with van der Waals surface area (Å²) >= 11 is 6.40. The fourth-order valence-corrected chi connectivity index (χ4v) is 6.05. The Bertz CT molecular complexity index is 1310. The number of nitrogens with one attached hydrogen (secondary N) is 2. The van der Waals surface area contributed by atoms with Gasteiger partial charge in [0.1, 0.15) is 24.5 Å². The summed E-state index contributed by atoms with van der Waals surface area (Å²) in [5, 5.41) is 7.65. The van der Waals surface area contributed by atoms with Crippen molar-refractivity contribution < 1.29 is 9.30 Å². The number of halogens is 1. The molecule has 2 aliphatic heterocycles. The quantitative estimate of drug-likeness (QED) is 0.477. The van der Waals surface area contributed by atoms with Gasteiger partial charge in [-0.3, -0.25) is 0 Å². The van der Waals surface area contributed by atoms with Crippen LogP contribution in [0.15, 0.2) is 42.6 Å². The first kappa shape index (κ1) is 23.9. The van der Waals surface area contributed by atoms with Gasteiger partial charge in [0.15, 0.2) is 5.82 Å². The van der Waals surface area contributed by atoms with E-state index >= 15 is 0 Å². The van der Waals surface area contributed by atoms with Crippen molar-refractivity contribution >= 4 is 52.9 Å². The van der Waals surface area contributed by atoms with Crippen LogP contribution < -0.4 is 25.6 Å². The molecule has 2 aliphatic rings. The largest absolute Gasteiger partial charge is 0.489 e. The van der Waals surface area contributed by atoms with Gasteiger partial charge in [-0.15, -0.1) is 0 Å². The third kappa shape index (κ3) is 4.96. The molecule has 5 rings (SSSR count). The smallest absolute Gasteiger partial charge is 0.229 e. The Kier molecular flexibility index (Phi) is 6.38. The number of rotatable bonds is 5. The lowest BCUT2D eigenvalue weighted by atomic mass is 10.0. The van der Waals surface area contributed by atoms with Gasteiger partial charge in [-0.25, -0.2) is 4.98 Å². The molecular formula is C25H30ClN6O2P. The van der Waals surface area contributed by atoms with E-state index in [1.165, 1.54) is 5.69 Å². The van der Waals surface area contributed by atoms with Crippen molar-refractivity contribution in [1.29, 1.82) is 0 Å². The molecule has 10 heteroatoms. The first-order valence-electron chi connectivity index (χ1n) is 11.6. The number of aromatic nitrogens is 2. The standard InChI is InChI=1S/C25H30ClN6O2P/c1-16-11-17(12-21-23(16)32-10-9-31(2)14-18(32)15-34-21)28-25-27-13-19(26)24(30-25)29-20-7-5-6-8-22(20)35(3,4)33/h5-8,11-13,18H,9-10,14-15H2,1-4H3,(H2,27,28,29,30)/t18-/m0/s1. The van der Waals surface area contributed by atoms with Crippen LogP contribution in [-0.4, -0.2) is 67.5 Å². The summed E-state index contributed by atoms with van der Waals surface area (Å²) in [4.78, 5) is 13.8. The number of nitrogens with zero attached hydrogens (tertiary/aromatic N) is 4. The molecule has 1 fully saturated rings. The molecule has 1 atom stereocenters. The van der Waals surface area contributed by atoms with Crippen molar-refractivity contribution in [3.63, 3.8) is 0 Å². The summed E-state index contributed by atoms with van der Waals surface area (Å²) in [6.45, 7) is 9.29. The van der Waals surface area contributed by atoms with E-state index in [4.69, 9.17) is 16.3 Å². The van der Waals surface area contributed by atoms with Gasteiger partial charge >= 0.3 is 0 Å². The lowest BCUT2D eigenvalue weighted by molar-refractivity contribution is 0.188. The molecule has 0 spiro atoms. The highest BCUT2D eigenvalue weighted by Crippen LogP contribution is 2.41. The van der Waals surface area contributed by atoms with E-state index in [1.807, 2.05) is 30.3 Å². The molecule has 1 saturated heterocycles. The van der Waals surface area contributed by atoms with Crippen LogP contribution in [-0.2, 0) is 4.57 Å². The fourth-order valence-electron chi connectivity index (χ4n) is 4.75. The van der Waals surface area contributed by atoms with Crippen LogP contribution in [0.5, 0.6) is 5.75 Å². The predicted octanol–water partition coefficient (Wildman–Crippen LogP) is 4.69. The molecule has 3 heterocycles. The lowest BCUT2D eigenvalue weighted by Crippen LogP contribution is -2.56. The number of fused-ring (bicyclic) bond motifs is 3. The van der Waals surface area contributed by atoms with Crippen molar-refractivity contribution in [1.82, 2.24) is 14.9 Å². The zero-order chi connectivity index (χ0) is 24.7. The Labute approximate surface area is 211 Å². The van der Waals surface area contributed by atoms with Crippen molar-refractivity contribution in [2.75, 3.05) is 62.2 Å². The summed E-state index contributed by atoms with van der Waals surface area (Å²) in [6.07, 6.45) is 1.55. The Morgan fingerprint density at radius 3 is 2.77 bits per heavy atom. The fraction of sp³-hybridized carbons (Fsp3) is 0.360. The van der Waals surface area contributed by atoms with Gasteiger partial charge in [-0.2, -0.15) is 4.98 Å². The van der Waals surface area contributed by atoms with Gasteiger partial charge in [-0.05, 0) is 51.1 Å². The maximum atomic E-state index is 12.7. The van der Waals surface area contributed by atoms with Crippen molar-refractivity contribution in [2.45, 2.75) is 13.0 Å². The number of ether oxygens (including phenoxy) is 1. The first-order valence-corrected chi connectivity index (χ1v) is 14.6. The monoisotopic (exact) mass is 512 g/mol. The molecular weight excluding hydrogens is 483 g/mol. The maximum Gasteiger partial charge on any atom is 0.229 e. The van der Waals surface area contributed by atoms with Gasteiger partial charge in [0.25, 0.3) is 0 Å². The van der Waals surface area contributed by atoms with Crippen LogP contribution in [0.2, 0.25) is 5.02 Å². The number of hydrogen-bond donors (Lipinski definition) is 2. The van der Waals surface area contributed by atoms with Crippen LogP contribution in [0.4, 0.5) is 28.8 Å². The summed E-state index contributed by atoms with van der Waals surface area (Å²) in [7, 11) is -0.334. The van der Waals surface area contributed by atoms with Crippen LogP contribution >= 0.6 is 18.7 Å². The minimum atomic E-state index is -2.49. The minimum Gasteiger partial charge on any atom is -0.489 e. The van der Waals surface area contributed by atoms with Crippen LogP contribution in [0.3, 0.4) is 0 Å². The third-order valence-electron chi connectivity index (χ3n) is 6.41. The van der Waals surface area contributed by atoms with E-state index in [-0.39, 0.29) is 0 Å². The molecule has 1 aromatic heterocycles. The van der Waals surface area contributed by atoms with E-state index in [0.717, 1.165) is 41.9 Å². The topological polar surface area (TPSA) is 82.6 Å². The van der Waals surface area contributed by atoms with Crippen LogP contribution in [0, 0.1) is 6.92 Å². The van der Waals surface area contributed by atoms with Crippen molar-refractivity contribution in [2.24, 2.45) is 0 Å². The molecule has 8 nitrogen and oxygen atoms in total. The number of piperazine rings is 1. The van der Waals surface area contributed by atoms with Gasteiger partial charge < -0.3 is 29.7 Å². The molecule has 3 aromatic rings. The first-order chi connectivity index (χ1) is 16.7. The normalized spacial score (nSPS) is 17.9. The van der Waals surface area contributed by atoms with Crippen molar-refractivity contribution in [3.8, 4) is 5.75 Å². The molecule has 0 bridgehead atoms. The summed E-state index contributed by atoms with van der Waals surface area (Å²) in [6, 6.07) is 12.0. The maximum absolute atomic E-state index is 12.7. The zero-order valence-electron chi connectivity index (χ0n) is 20.4. The highest BCUT2D eigenvalue weighted by atomic mass is 35.5. The Morgan fingerprint density at radius 2 is 1.97 bits per heavy atom. The molecule has 2 N–H and O–H groups in total. The second-order valence-electron chi connectivity index (χ2n) is 9.57.